The molecule has 0 fully saturated rings. The van der Waals surface area contributed by atoms with Crippen molar-refractivity contribution in [1.29, 1.82) is 0 Å². The van der Waals surface area contributed by atoms with Gasteiger partial charge in [0.2, 0.25) is 0 Å². The fourth-order valence-electron chi connectivity index (χ4n) is 11.1. The predicted molar refractivity (Wildman–Crippen MR) is 317 cm³/mol. The molecule has 2 heteroatoms. The Morgan fingerprint density at radius 2 is 0.764 bits per heavy atom. The van der Waals surface area contributed by atoms with E-state index in [1.54, 1.807) is 0 Å². The highest BCUT2D eigenvalue weighted by atomic mass is 15.1. The van der Waals surface area contributed by atoms with Crippen LogP contribution in [0.4, 0.5) is 17.1 Å². The molecule has 0 bridgehead atoms. The van der Waals surface area contributed by atoms with Gasteiger partial charge >= 0.3 is 0 Å². The largest absolute Gasteiger partial charge is 0.310 e. The fourth-order valence-corrected chi connectivity index (χ4v) is 11.1. The standard InChI is InChI=1S/C70H78N2/c1-65(2,3)46-23-27-51(28-24-46)71(52-29-32-58(70(16,17)18)55(42-52)45-37-49(68(10,11)12)39-50(38-45)69(13,14)15)59-33-21-43-20-31-54-60(34-22-44-19-30-53(59)63(43)64(44)54)72-61-35-25-47(66(4,5)6)40-56(61)57-41-48(67(7,8)9)26-36-62(57)72/h19-42H,1-18H3. The molecule has 368 valence electrons. The molecule has 72 heavy (non-hydrogen) atoms. The summed E-state index contributed by atoms with van der Waals surface area (Å²) in [6.07, 6.45) is 0. The highest BCUT2D eigenvalue weighted by Gasteiger charge is 2.28. The van der Waals surface area contributed by atoms with E-state index < -0.39 is 0 Å². The average Bonchev–Trinajstić information content (AvgIpc) is 3.62. The number of aromatic nitrogens is 1. The lowest BCUT2D eigenvalue weighted by Crippen LogP contribution is -2.18. The third-order valence-electron chi connectivity index (χ3n) is 15.6. The fraction of sp³-hybridized carbons (Fsp3) is 0.343. The van der Waals surface area contributed by atoms with Crippen molar-refractivity contribution in [2.75, 3.05) is 4.90 Å². The summed E-state index contributed by atoms with van der Waals surface area (Å²) in [6, 6.07) is 57.2. The lowest BCUT2D eigenvalue weighted by atomic mass is 9.76. The van der Waals surface area contributed by atoms with Crippen LogP contribution in [0.2, 0.25) is 0 Å². The third-order valence-corrected chi connectivity index (χ3v) is 15.6. The molecule has 0 saturated carbocycles. The van der Waals surface area contributed by atoms with Gasteiger partial charge in [-0.3, -0.25) is 0 Å². The second-order valence-corrected chi connectivity index (χ2v) is 27.3. The maximum Gasteiger partial charge on any atom is 0.0541 e. The summed E-state index contributed by atoms with van der Waals surface area (Å²) in [5, 5.41) is 10.2. The van der Waals surface area contributed by atoms with Gasteiger partial charge in [0.1, 0.15) is 0 Å². The average molecular weight is 947 g/mol. The van der Waals surface area contributed by atoms with Crippen molar-refractivity contribution in [3.63, 3.8) is 0 Å². The Morgan fingerprint density at radius 3 is 1.26 bits per heavy atom. The van der Waals surface area contributed by atoms with Crippen molar-refractivity contribution in [2.24, 2.45) is 0 Å². The summed E-state index contributed by atoms with van der Waals surface area (Å²) in [5.74, 6) is 0. The molecule has 0 amide bonds. The van der Waals surface area contributed by atoms with Gasteiger partial charge in [-0.25, -0.2) is 0 Å². The smallest absolute Gasteiger partial charge is 0.0541 e. The Balaban J connectivity index is 1.25. The van der Waals surface area contributed by atoms with E-state index in [1.807, 2.05) is 0 Å². The van der Waals surface area contributed by atoms with E-state index in [1.165, 1.54) is 110 Å². The zero-order chi connectivity index (χ0) is 51.8. The van der Waals surface area contributed by atoms with Crippen molar-refractivity contribution in [3.05, 3.63) is 179 Å². The molecule has 1 aromatic heterocycles. The van der Waals surface area contributed by atoms with E-state index in [0.717, 1.165) is 11.4 Å². The Morgan fingerprint density at radius 1 is 0.319 bits per heavy atom. The molecule has 0 saturated heterocycles. The minimum absolute atomic E-state index is 0.00887. The van der Waals surface area contributed by atoms with E-state index in [0.29, 0.717) is 0 Å². The van der Waals surface area contributed by atoms with Gasteiger partial charge < -0.3 is 9.47 Å². The lowest BCUT2D eigenvalue weighted by Gasteiger charge is -2.32. The molecular formula is C70H78N2. The Hall–Kier alpha value is -6.38. The minimum atomic E-state index is -0.0858. The summed E-state index contributed by atoms with van der Waals surface area (Å²) in [7, 11) is 0. The van der Waals surface area contributed by atoms with E-state index in [2.05, 4.69) is 280 Å². The van der Waals surface area contributed by atoms with Crippen LogP contribution in [0.1, 0.15) is 158 Å². The van der Waals surface area contributed by atoms with E-state index >= 15 is 0 Å². The normalized spacial score (nSPS) is 13.4. The van der Waals surface area contributed by atoms with Crippen LogP contribution in [-0.4, -0.2) is 4.57 Å². The maximum absolute atomic E-state index is 2.54. The first kappa shape index (κ1) is 49.2. The molecule has 0 aliphatic carbocycles. The molecule has 1 heterocycles. The molecular weight excluding hydrogens is 869 g/mol. The van der Waals surface area contributed by atoms with Gasteiger partial charge in [-0.05, 0) is 159 Å². The van der Waals surface area contributed by atoms with Crippen LogP contribution in [0.15, 0.2) is 146 Å². The molecule has 0 atom stereocenters. The van der Waals surface area contributed by atoms with Gasteiger partial charge in [0, 0.05) is 32.9 Å². The molecule has 0 N–H and O–H groups in total. The summed E-state index contributed by atoms with van der Waals surface area (Å²) in [4.78, 5) is 2.53. The molecule has 10 rings (SSSR count). The summed E-state index contributed by atoms with van der Waals surface area (Å²) < 4.78 is 2.54. The van der Waals surface area contributed by atoms with Gasteiger partial charge in [0.25, 0.3) is 0 Å². The SMILES string of the molecule is CC(C)(C)c1ccc(N(c2ccc(C(C)(C)C)c(-c3cc(C(C)(C)C)cc(C(C)(C)C)c3)c2)c2ccc3ccc4c(-n5c6ccc(C(C)(C)C)cc6c6cc(C(C)(C)C)ccc65)ccc5ccc2c3c54)cc1. The molecule has 0 aliphatic rings. The van der Waals surface area contributed by atoms with Gasteiger partial charge in [-0.1, -0.05) is 210 Å². The molecule has 0 aliphatic heterocycles. The molecule has 0 unspecified atom stereocenters. The van der Waals surface area contributed by atoms with Crippen molar-refractivity contribution < 1.29 is 0 Å². The van der Waals surface area contributed by atoms with Crippen molar-refractivity contribution >= 4 is 71.2 Å². The van der Waals surface area contributed by atoms with Gasteiger partial charge in [0.05, 0.1) is 22.4 Å². The number of benzene rings is 9. The first-order chi connectivity index (χ1) is 33.5. The van der Waals surface area contributed by atoms with Gasteiger partial charge in [-0.15, -0.1) is 0 Å². The zero-order valence-electron chi connectivity index (χ0n) is 46.8. The van der Waals surface area contributed by atoms with Crippen LogP contribution in [0, 0.1) is 0 Å². The van der Waals surface area contributed by atoms with E-state index in [4.69, 9.17) is 0 Å². The van der Waals surface area contributed by atoms with Crippen LogP contribution in [0.3, 0.4) is 0 Å². The molecule has 2 nitrogen and oxygen atoms in total. The number of nitrogens with zero attached hydrogens (tertiary/aromatic N) is 2. The van der Waals surface area contributed by atoms with Crippen LogP contribution < -0.4 is 4.90 Å². The number of rotatable bonds is 5. The van der Waals surface area contributed by atoms with Crippen molar-refractivity contribution in [1.82, 2.24) is 4.57 Å². The Bertz CT molecular complexity index is 3610. The van der Waals surface area contributed by atoms with Gasteiger partial charge in [0.15, 0.2) is 0 Å². The number of fused-ring (bicyclic) bond motifs is 3. The van der Waals surface area contributed by atoms with Crippen LogP contribution in [0.5, 0.6) is 0 Å². The van der Waals surface area contributed by atoms with E-state index in [9.17, 15) is 0 Å². The van der Waals surface area contributed by atoms with Crippen molar-refractivity contribution in [2.45, 2.75) is 157 Å². The minimum Gasteiger partial charge on any atom is -0.310 e. The third kappa shape index (κ3) is 8.57. The van der Waals surface area contributed by atoms with Crippen molar-refractivity contribution in [3.8, 4) is 16.8 Å². The Labute approximate surface area is 431 Å². The number of hydrogen-bond donors (Lipinski definition) is 0. The van der Waals surface area contributed by atoms with E-state index in [-0.39, 0.29) is 32.5 Å². The topological polar surface area (TPSA) is 8.17 Å². The first-order valence-electron chi connectivity index (χ1n) is 26.5. The highest BCUT2D eigenvalue weighted by molar-refractivity contribution is 6.27. The van der Waals surface area contributed by atoms with Crippen LogP contribution in [-0.2, 0) is 32.5 Å². The molecule has 0 spiro atoms. The van der Waals surface area contributed by atoms with Crippen LogP contribution in [0.25, 0.3) is 70.9 Å². The van der Waals surface area contributed by atoms with Crippen LogP contribution >= 0.6 is 0 Å². The highest BCUT2D eigenvalue weighted by Crippen LogP contribution is 2.49. The summed E-state index contributed by atoms with van der Waals surface area (Å²) >= 11 is 0. The summed E-state index contributed by atoms with van der Waals surface area (Å²) in [6.45, 7) is 41.9. The predicted octanol–water partition coefficient (Wildman–Crippen LogP) is 20.6. The summed E-state index contributed by atoms with van der Waals surface area (Å²) in [5.41, 5.74) is 17.8. The quantitative estimate of drug-likeness (QED) is 0.156. The Kier molecular flexibility index (Phi) is 11.3. The molecule has 0 radical (unpaired) electrons. The maximum atomic E-state index is 2.54. The second-order valence-electron chi connectivity index (χ2n) is 27.3. The number of hydrogen-bond acceptors (Lipinski definition) is 1. The molecule has 10 aromatic rings. The lowest BCUT2D eigenvalue weighted by molar-refractivity contribution is 0.568. The first-order valence-corrected chi connectivity index (χ1v) is 26.5. The molecule has 9 aromatic carbocycles. The zero-order valence-corrected chi connectivity index (χ0v) is 46.8. The van der Waals surface area contributed by atoms with Gasteiger partial charge in [-0.2, -0.15) is 0 Å². The second kappa shape index (κ2) is 16.6. The number of anilines is 3. The monoisotopic (exact) mass is 947 g/mol.